The Morgan fingerprint density at radius 1 is 1.39 bits per heavy atom. The summed E-state index contributed by atoms with van der Waals surface area (Å²) in [4.78, 5) is 9.59. The molecule has 0 fully saturated rings. The predicted octanol–water partition coefficient (Wildman–Crippen LogP) is 2.82. The first-order chi connectivity index (χ1) is 8.47. The van der Waals surface area contributed by atoms with Crippen molar-refractivity contribution in [3.05, 3.63) is 34.2 Å². The van der Waals surface area contributed by atoms with Gasteiger partial charge in [-0.05, 0) is 18.4 Å². The van der Waals surface area contributed by atoms with E-state index < -0.39 is 0 Å². The van der Waals surface area contributed by atoms with Crippen LogP contribution in [0.3, 0.4) is 0 Å². The smallest absolute Gasteiger partial charge is 0.222 e. The van der Waals surface area contributed by atoms with Crippen molar-refractivity contribution in [2.24, 2.45) is 0 Å². The number of aryl methyl sites for hydroxylation is 1. The Bertz CT molecular complexity index is 500. The van der Waals surface area contributed by atoms with E-state index in [0.717, 1.165) is 18.1 Å². The molecule has 0 aromatic carbocycles. The molecular formula is C13H18N4S. The Morgan fingerprint density at radius 3 is 2.78 bits per heavy atom. The molecule has 0 atom stereocenters. The topological polar surface area (TPSA) is 63.8 Å². The molecule has 2 aromatic heterocycles. The van der Waals surface area contributed by atoms with E-state index in [9.17, 15) is 0 Å². The molecule has 0 saturated heterocycles. The molecule has 0 spiro atoms. The lowest BCUT2D eigenvalue weighted by atomic mass is 9.91. The van der Waals surface area contributed by atoms with Crippen LogP contribution in [0.5, 0.6) is 0 Å². The highest BCUT2D eigenvalue weighted by atomic mass is 32.1. The highest BCUT2D eigenvalue weighted by Crippen LogP contribution is 2.27. The molecule has 0 aliphatic carbocycles. The zero-order chi connectivity index (χ0) is 13.2. The van der Waals surface area contributed by atoms with Gasteiger partial charge < -0.3 is 11.1 Å². The first-order valence-electron chi connectivity index (χ1n) is 5.86. The van der Waals surface area contributed by atoms with Crippen molar-refractivity contribution in [2.75, 3.05) is 17.6 Å². The maximum atomic E-state index is 5.63. The molecule has 0 bridgehead atoms. The molecule has 0 saturated carbocycles. The van der Waals surface area contributed by atoms with Crippen LogP contribution in [0.4, 0.5) is 11.8 Å². The van der Waals surface area contributed by atoms with E-state index in [1.165, 1.54) is 4.88 Å². The summed E-state index contributed by atoms with van der Waals surface area (Å²) in [6.07, 6.45) is 0. The van der Waals surface area contributed by atoms with Gasteiger partial charge in [0.25, 0.3) is 0 Å². The van der Waals surface area contributed by atoms with Crippen LogP contribution in [0, 0.1) is 6.92 Å². The van der Waals surface area contributed by atoms with Gasteiger partial charge in [0.1, 0.15) is 5.82 Å². The Kier molecular flexibility index (Phi) is 3.52. The average Bonchev–Trinajstić information content (AvgIpc) is 2.79. The Morgan fingerprint density at radius 2 is 2.17 bits per heavy atom. The fraction of sp³-hybridized carbons (Fsp3) is 0.385. The molecule has 0 aliphatic rings. The first-order valence-corrected chi connectivity index (χ1v) is 6.74. The SMILES string of the molecule is Cc1cc(NCC(C)(C)c2cccs2)nc(N)n1. The minimum atomic E-state index is 0.0712. The zero-order valence-electron chi connectivity index (χ0n) is 10.9. The van der Waals surface area contributed by atoms with Crippen molar-refractivity contribution in [1.29, 1.82) is 0 Å². The lowest BCUT2D eigenvalue weighted by Crippen LogP contribution is -2.27. The quantitative estimate of drug-likeness (QED) is 0.889. The number of nitrogens with one attached hydrogen (secondary N) is 1. The third kappa shape index (κ3) is 2.98. The second-order valence-electron chi connectivity index (χ2n) is 4.97. The van der Waals surface area contributed by atoms with Crippen molar-refractivity contribution in [1.82, 2.24) is 9.97 Å². The summed E-state index contributed by atoms with van der Waals surface area (Å²) in [6.45, 7) is 7.14. The number of anilines is 2. The van der Waals surface area contributed by atoms with Gasteiger partial charge in [0.05, 0.1) is 0 Å². The molecule has 0 radical (unpaired) electrons. The number of thiophene rings is 1. The largest absolute Gasteiger partial charge is 0.369 e. The van der Waals surface area contributed by atoms with Crippen molar-refractivity contribution < 1.29 is 0 Å². The van der Waals surface area contributed by atoms with Gasteiger partial charge in [0.15, 0.2) is 0 Å². The van der Waals surface area contributed by atoms with E-state index in [0.29, 0.717) is 5.95 Å². The van der Waals surface area contributed by atoms with E-state index in [4.69, 9.17) is 5.73 Å². The Labute approximate surface area is 111 Å². The van der Waals surface area contributed by atoms with E-state index in [1.807, 2.05) is 13.0 Å². The van der Waals surface area contributed by atoms with Gasteiger partial charge in [-0.25, -0.2) is 4.98 Å². The van der Waals surface area contributed by atoms with E-state index >= 15 is 0 Å². The molecule has 2 aromatic rings. The normalized spacial score (nSPS) is 11.5. The van der Waals surface area contributed by atoms with Crippen LogP contribution in [0.1, 0.15) is 24.4 Å². The molecule has 18 heavy (non-hydrogen) atoms. The molecule has 96 valence electrons. The number of hydrogen-bond acceptors (Lipinski definition) is 5. The molecule has 0 aliphatic heterocycles. The molecular weight excluding hydrogens is 244 g/mol. The van der Waals surface area contributed by atoms with E-state index in [1.54, 1.807) is 11.3 Å². The van der Waals surface area contributed by atoms with E-state index in [-0.39, 0.29) is 5.41 Å². The number of nitrogens with two attached hydrogens (primary N) is 1. The second kappa shape index (κ2) is 4.94. The molecule has 4 nitrogen and oxygen atoms in total. The van der Waals surface area contributed by atoms with Gasteiger partial charge in [-0.15, -0.1) is 11.3 Å². The predicted molar refractivity (Wildman–Crippen MR) is 77.0 cm³/mol. The molecule has 3 N–H and O–H groups in total. The minimum absolute atomic E-state index is 0.0712. The summed E-state index contributed by atoms with van der Waals surface area (Å²) >= 11 is 1.77. The lowest BCUT2D eigenvalue weighted by molar-refractivity contribution is 0.568. The van der Waals surface area contributed by atoms with Gasteiger partial charge in [-0.2, -0.15) is 4.98 Å². The van der Waals surface area contributed by atoms with Gasteiger partial charge in [-0.1, -0.05) is 19.9 Å². The van der Waals surface area contributed by atoms with Crippen molar-refractivity contribution in [3.8, 4) is 0 Å². The van der Waals surface area contributed by atoms with Crippen LogP contribution in [-0.2, 0) is 5.41 Å². The number of nitrogens with zero attached hydrogens (tertiary/aromatic N) is 2. The summed E-state index contributed by atoms with van der Waals surface area (Å²) in [5.74, 6) is 1.09. The average molecular weight is 262 g/mol. The monoisotopic (exact) mass is 262 g/mol. The van der Waals surface area contributed by atoms with Crippen molar-refractivity contribution in [3.63, 3.8) is 0 Å². The van der Waals surface area contributed by atoms with Crippen molar-refractivity contribution >= 4 is 23.1 Å². The highest BCUT2D eigenvalue weighted by molar-refractivity contribution is 7.10. The number of nitrogen functional groups attached to an aromatic ring is 1. The van der Waals surface area contributed by atoms with E-state index in [2.05, 4.69) is 46.6 Å². The van der Waals surface area contributed by atoms with Gasteiger partial charge in [0.2, 0.25) is 5.95 Å². The van der Waals surface area contributed by atoms with Crippen molar-refractivity contribution in [2.45, 2.75) is 26.2 Å². The second-order valence-corrected chi connectivity index (χ2v) is 5.92. The third-order valence-corrected chi connectivity index (χ3v) is 4.01. The highest BCUT2D eigenvalue weighted by Gasteiger charge is 2.21. The third-order valence-electron chi connectivity index (χ3n) is 2.77. The van der Waals surface area contributed by atoms with Gasteiger partial charge >= 0.3 is 0 Å². The van der Waals surface area contributed by atoms with Crippen LogP contribution >= 0.6 is 11.3 Å². The summed E-state index contributed by atoms with van der Waals surface area (Å²) in [7, 11) is 0. The van der Waals surface area contributed by atoms with Crippen LogP contribution in [0.15, 0.2) is 23.6 Å². The number of rotatable bonds is 4. The van der Waals surface area contributed by atoms with Crippen LogP contribution < -0.4 is 11.1 Å². The number of aromatic nitrogens is 2. The van der Waals surface area contributed by atoms with Crippen LogP contribution in [-0.4, -0.2) is 16.5 Å². The fourth-order valence-corrected chi connectivity index (χ4v) is 2.60. The summed E-state index contributed by atoms with van der Waals surface area (Å²) in [5.41, 5.74) is 6.58. The minimum Gasteiger partial charge on any atom is -0.369 e. The van der Waals surface area contributed by atoms with Crippen LogP contribution in [0.2, 0.25) is 0 Å². The number of hydrogen-bond donors (Lipinski definition) is 2. The Hall–Kier alpha value is -1.62. The van der Waals surface area contributed by atoms with Crippen LogP contribution in [0.25, 0.3) is 0 Å². The summed E-state index contributed by atoms with van der Waals surface area (Å²) in [5, 5.41) is 5.43. The summed E-state index contributed by atoms with van der Waals surface area (Å²) < 4.78 is 0. The molecule has 0 amide bonds. The maximum absolute atomic E-state index is 5.63. The zero-order valence-corrected chi connectivity index (χ0v) is 11.7. The Balaban J connectivity index is 2.07. The molecule has 0 unspecified atom stereocenters. The fourth-order valence-electron chi connectivity index (χ4n) is 1.74. The maximum Gasteiger partial charge on any atom is 0.222 e. The standard InChI is InChI=1S/C13H18N4S/c1-9-7-11(17-12(14)16-9)15-8-13(2,3)10-5-4-6-18-10/h4-7H,8H2,1-3H3,(H3,14,15,16,17). The molecule has 5 heteroatoms. The van der Waals surface area contributed by atoms with Gasteiger partial charge in [0, 0.05) is 28.6 Å². The molecule has 2 heterocycles. The van der Waals surface area contributed by atoms with Gasteiger partial charge in [-0.3, -0.25) is 0 Å². The lowest BCUT2D eigenvalue weighted by Gasteiger charge is -2.24. The summed E-state index contributed by atoms with van der Waals surface area (Å²) in [6, 6.07) is 6.14. The first kappa shape index (κ1) is 12.8. The molecule has 2 rings (SSSR count).